The van der Waals surface area contributed by atoms with E-state index < -0.39 is 0 Å². The molecular formula is C21H28N6O2. The summed E-state index contributed by atoms with van der Waals surface area (Å²) in [6, 6.07) is 1.75. The van der Waals surface area contributed by atoms with E-state index >= 15 is 0 Å². The average molecular weight is 396 g/mol. The summed E-state index contributed by atoms with van der Waals surface area (Å²) in [6.07, 6.45) is 4.86. The van der Waals surface area contributed by atoms with Crippen LogP contribution in [0.2, 0.25) is 0 Å². The summed E-state index contributed by atoms with van der Waals surface area (Å²) in [5.41, 5.74) is 1.60. The lowest BCUT2D eigenvalue weighted by molar-refractivity contribution is 0.0533. The predicted octanol–water partition coefficient (Wildman–Crippen LogP) is 1.77. The molecule has 1 saturated heterocycles. The number of fused-ring (bicyclic) bond motifs is 2. The Morgan fingerprint density at radius 1 is 1.17 bits per heavy atom. The number of aromatic nitrogens is 4. The number of aryl methyl sites for hydroxylation is 1. The van der Waals surface area contributed by atoms with Crippen molar-refractivity contribution in [2.75, 3.05) is 26.7 Å². The van der Waals surface area contributed by atoms with Crippen molar-refractivity contribution in [3.8, 4) is 0 Å². The van der Waals surface area contributed by atoms with Gasteiger partial charge in [0.15, 0.2) is 0 Å². The van der Waals surface area contributed by atoms with E-state index in [-0.39, 0.29) is 22.6 Å². The van der Waals surface area contributed by atoms with E-state index in [0.29, 0.717) is 30.9 Å². The minimum atomic E-state index is -0.246. The molecule has 0 aromatic carbocycles. The van der Waals surface area contributed by atoms with E-state index in [2.05, 4.69) is 30.9 Å². The smallest absolute Gasteiger partial charge is 0.272 e. The van der Waals surface area contributed by atoms with Crippen LogP contribution in [0.3, 0.4) is 0 Å². The molecular weight excluding hydrogens is 368 g/mol. The Morgan fingerprint density at radius 2 is 1.86 bits per heavy atom. The first-order chi connectivity index (χ1) is 13.6. The van der Waals surface area contributed by atoms with E-state index in [0.717, 1.165) is 24.4 Å². The van der Waals surface area contributed by atoms with Crippen LogP contribution in [0.15, 0.2) is 18.5 Å². The Labute approximate surface area is 170 Å². The molecule has 2 aliphatic heterocycles. The largest absolute Gasteiger partial charge is 0.341 e. The molecule has 8 heteroatoms. The van der Waals surface area contributed by atoms with Gasteiger partial charge in [-0.15, -0.1) is 0 Å². The number of amides is 2. The number of piperidine rings is 1. The number of carbonyl (C=O) groups excluding carboxylic acids is 2. The molecule has 4 heterocycles. The maximum atomic E-state index is 12.9. The Balaban J connectivity index is 1.66. The third-order valence-electron chi connectivity index (χ3n) is 6.13. The summed E-state index contributed by atoms with van der Waals surface area (Å²) in [6.45, 7) is 8.10. The topological polar surface area (TPSA) is 84.2 Å². The van der Waals surface area contributed by atoms with Gasteiger partial charge in [-0.2, -0.15) is 5.10 Å². The molecule has 2 aromatic heterocycles. The molecule has 2 aliphatic rings. The fourth-order valence-electron chi connectivity index (χ4n) is 4.39. The lowest BCUT2D eigenvalue weighted by Gasteiger charge is -2.46. The minimum Gasteiger partial charge on any atom is -0.341 e. The molecule has 2 aromatic rings. The van der Waals surface area contributed by atoms with E-state index in [1.807, 2.05) is 11.9 Å². The third-order valence-corrected chi connectivity index (χ3v) is 6.13. The molecule has 4 rings (SSSR count). The van der Waals surface area contributed by atoms with Crippen LogP contribution in [0, 0.1) is 0 Å². The lowest BCUT2D eigenvalue weighted by Crippen LogP contribution is -2.55. The van der Waals surface area contributed by atoms with Crippen molar-refractivity contribution in [3.63, 3.8) is 0 Å². The Morgan fingerprint density at radius 3 is 2.45 bits per heavy atom. The predicted molar refractivity (Wildman–Crippen MR) is 108 cm³/mol. The summed E-state index contributed by atoms with van der Waals surface area (Å²) < 4.78 is 1.61. The maximum Gasteiger partial charge on any atom is 0.272 e. The highest BCUT2D eigenvalue weighted by atomic mass is 16.2. The molecule has 0 unspecified atom stereocenters. The second-order valence-electron chi connectivity index (χ2n) is 9.28. The summed E-state index contributed by atoms with van der Waals surface area (Å²) in [5.74, 6) is 0.722. The standard InChI is InChI=1S/C21H28N6O2/c1-20(2,3)19-22-12-14-16(24-19)21(13-25(4)17(14)28)7-10-27(11-8-21)18(29)15-6-9-23-26(15)5/h6,9,12H,7-8,10-11,13H2,1-5H3. The van der Waals surface area contributed by atoms with Crippen LogP contribution >= 0.6 is 0 Å². The molecule has 0 N–H and O–H groups in total. The zero-order valence-electron chi connectivity index (χ0n) is 17.8. The molecule has 0 saturated carbocycles. The summed E-state index contributed by atoms with van der Waals surface area (Å²) in [7, 11) is 3.61. The summed E-state index contributed by atoms with van der Waals surface area (Å²) in [4.78, 5) is 38.6. The number of likely N-dealkylation sites (tertiary alicyclic amines) is 1. The van der Waals surface area contributed by atoms with E-state index in [1.54, 1.807) is 35.1 Å². The van der Waals surface area contributed by atoms with Gasteiger partial charge in [-0.1, -0.05) is 20.8 Å². The zero-order valence-corrected chi connectivity index (χ0v) is 17.8. The summed E-state index contributed by atoms with van der Waals surface area (Å²) >= 11 is 0. The fraction of sp³-hybridized carbons (Fsp3) is 0.571. The van der Waals surface area contributed by atoms with Crippen LogP contribution in [-0.4, -0.2) is 68.0 Å². The molecule has 0 aliphatic carbocycles. The number of hydrogen-bond donors (Lipinski definition) is 0. The van der Waals surface area contributed by atoms with Crippen LogP contribution in [0.1, 0.15) is 66.0 Å². The van der Waals surface area contributed by atoms with Crippen LogP contribution in [-0.2, 0) is 17.9 Å². The molecule has 29 heavy (non-hydrogen) atoms. The molecule has 0 bridgehead atoms. The summed E-state index contributed by atoms with van der Waals surface area (Å²) in [5, 5.41) is 4.10. The normalized spacial score (nSPS) is 18.9. The Bertz CT molecular complexity index is 966. The Kier molecular flexibility index (Phi) is 4.47. The van der Waals surface area contributed by atoms with Crippen molar-refractivity contribution >= 4 is 11.8 Å². The van der Waals surface area contributed by atoms with Gasteiger partial charge in [0.1, 0.15) is 11.5 Å². The van der Waals surface area contributed by atoms with Crippen molar-refractivity contribution in [2.45, 2.75) is 44.4 Å². The van der Waals surface area contributed by atoms with Crippen LogP contribution in [0.25, 0.3) is 0 Å². The van der Waals surface area contributed by atoms with E-state index in [9.17, 15) is 9.59 Å². The van der Waals surface area contributed by atoms with Crippen LogP contribution in [0.5, 0.6) is 0 Å². The fourth-order valence-corrected chi connectivity index (χ4v) is 4.39. The van der Waals surface area contributed by atoms with Crippen molar-refractivity contribution in [3.05, 3.63) is 41.2 Å². The van der Waals surface area contributed by atoms with Gasteiger partial charge < -0.3 is 9.80 Å². The molecule has 2 amide bonds. The number of nitrogens with zero attached hydrogens (tertiary/aromatic N) is 6. The highest BCUT2D eigenvalue weighted by Crippen LogP contribution is 2.41. The molecule has 154 valence electrons. The number of hydrogen-bond acceptors (Lipinski definition) is 5. The first-order valence-electron chi connectivity index (χ1n) is 10.0. The average Bonchev–Trinajstić information content (AvgIpc) is 3.11. The SMILES string of the molecule is CN1CC2(CCN(C(=O)c3ccnn3C)CC2)c2nc(C(C)(C)C)ncc2C1=O. The number of likely N-dealkylation sites (N-methyl/N-ethyl adjacent to an activating group) is 1. The molecule has 0 radical (unpaired) electrons. The van der Waals surface area contributed by atoms with E-state index in [4.69, 9.17) is 4.98 Å². The van der Waals surface area contributed by atoms with Crippen molar-refractivity contribution in [1.29, 1.82) is 0 Å². The van der Waals surface area contributed by atoms with Crippen molar-refractivity contribution in [1.82, 2.24) is 29.5 Å². The minimum absolute atomic E-state index is 0.00150. The van der Waals surface area contributed by atoms with Gasteiger partial charge in [0.2, 0.25) is 0 Å². The van der Waals surface area contributed by atoms with E-state index in [1.165, 1.54) is 0 Å². The molecule has 1 fully saturated rings. The highest BCUT2D eigenvalue weighted by molar-refractivity contribution is 5.96. The van der Waals surface area contributed by atoms with Gasteiger partial charge >= 0.3 is 0 Å². The second kappa shape index (κ2) is 6.64. The molecule has 0 atom stereocenters. The monoisotopic (exact) mass is 396 g/mol. The van der Waals surface area contributed by atoms with Gasteiger partial charge in [-0.3, -0.25) is 14.3 Å². The van der Waals surface area contributed by atoms with Gasteiger partial charge in [0, 0.05) is 57.0 Å². The highest BCUT2D eigenvalue weighted by Gasteiger charge is 2.46. The quantitative estimate of drug-likeness (QED) is 0.733. The van der Waals surface area contributed by atoms with Gasteiger partial charge in [0.05, 0.1) is 11.3 Å². The number of rotatable bonds is 1. The zero-order chi connectivity index (χ0) is 21.0. The third kappa shape index (κ3) is 3.20. The number of carbonyl (C=O) groups is 2. The molecule has 1 spiro atoms. The van der Waals surface area contributed by atoms with Gasteiger partial charge in [-0.25, -0.2) is 9.97 Å². The second-order valence-corrected chi connectivity index (χ2v) is 9.28. The first-order valence-corrected chi connectivity index (χ1v) is 10.0. The first kappa shape index (κ1) is 19.5. The van der Waals surface area contributed by atoms with Crippen LogP contribution < -0.4 is 0 Å². The van der Waals surface area contributed by atoms with Crippen molar-refractivity contribution in [2.24, 2.45) is 7.05 Å². The van der Waals surface area contributed by atoms with Gasteiger partial charge in [-0.05, 0) is 18.9 Å². The van der Waals surface area contributed by atoms with Crippen molar-refractivity contribution < 1.29 is 9.59 Å². The molecule has 8 nitrogen and oxygen atoms in total. The van der Waals surface area contributed by atoms with Gasteiger partial charge in [0.25, 0.3) is 11.8 Å². The Hall–Kier alpha value is -2.77. The van der Waals surface area contributed by atoms with Crippen LogP contribution in [0.4, 0.5) is 0 Å². The maximum absolute atomic E-state index is 12.9. The lowest BCUT2D eigenvalue weighted by atomic mass is 9.71.